The number of anilines is 1. The third kappa shape index (κ3) is 2.92. The minimum absolute atomic E-state index is 0.0320. The molecule has 1 N–H and O–H groups in total. The van der Waals surface area contributed by atoms with Crippen LogP contribution in [0.2, 0.25) is 0 Å². The predicted octanol–water partition coefficient (Wildman–Crippen LogP) is 2.26. The van der Waals surface area contributed by atoms with Gasteiger partial charge in [-0.2, -0.15) is 8.78 Å². The van der Waals surface area contributed by atoms with Crippen molar-refractivity contribution in [3.05, 3.63) is 29.8 Å². The Bertz CT molecular complexity index is 557. The summed E-state index contributed by atoms with van der Waals surface area (Å²) in [7, 11) is 5.10. The number of alkyl halides is 2. The van der Waals surface area contributed by atoms with E-state index in [1.165, 1.54) is 7.05 Å². The van der Waals surface area contributed by atoms with Gasteiger partial charge in [-0.25, -0.2) is 0 Å². The maximum absolute atomic E-state index is 14.2. The van der Waals surface area contributed by atoms with Gasteiger partial charge in [0.25, 0.3) is 5.91 Å². The molecule has 2 rings (SSSR count). The standard InChI is InChI=1S/C16H22F2N2O2/c1-19(2)13-7-4-6-12(10-13)11-20(3)14(21)16(17,18)15(22)8-5-9-15/h4,6-7,10,22H,5,8-9,11H2,1-3H3. The van der Waals surface area contributed by atoms with Crippen LogP contribution in [0.4, 0.5) is 14.5 Å². The second-order valence-corrected chi connectivity index (χ2v) is 6.19. The number of aliphatic hydroxyl groups is 1. The molecule has 1 saturated carbocycles. The van der Waals surface area contributed by atoms with Gasteiger partial charge in [-0.05, 0) is 37.0 Å². The zero-order valence-corrected chi connectivity index (χ0v) is 13.1. The van der Waals surface area contributed by atoms with E-state index in [2.05, 4.69) is 0 Å². The highest BCUT2D eigenvalue weighted by molar-refractivity contribution is 5.85. The summed E-state index contributed by atoms with van der Waals surface area (Å²) in [6.07, 6.45) is 0.458. The topological polar surface area (TPSA) is 43.8 Å². The molecule has 4 nitrogen and oxygen atoms in total. The van der Waals surface area contributed by atoms with Crippen LogP contribution in [0.5, 0.6) is 0 Å². The van der Waals surface area contributed by atoms with Crippen LogP contribution in [0.3, 0.4) is 0 Å². The Morgan fingerprint density at radius 3 is 2.45 bits per heavy atom. The fraction of sp³-hybridized carbons (Fsp3) is 0.562. The summed E-state index contributed by atoms with van der Waals surface area (Å²) in [5.41, 5.74) is -0.481. The van der Waals surface area contributed by atoms with Crippen LogP contribution in [-0.2, 0) is 11.3 Å². The summed E-state index contributed by atoms with van der Waals surface area (Å²) in [6.45, 7) is 0.0756. The molecular weight excluding hydrogens is 290 g/mol. The first kappa shape index (κ1) is 16.7. The van der Waals surface area contributed by atoms with Crippen LogP contribution < -0.4 is 4.90 Å². The van der Waals surface area contributed by atoms with Crippen LogP contribution in [0.25, 0.3) is 0 Å². The van der Waals surface area contributed by atoms with Crippen molar-refractivity contribution in [2.45, 2.75) is 37.3 Å². The Morgan fingerprint density at radius 1 is 1.32 bits per heavy atom. The Kier molecular flexibility index (Phi) is 4.42. The second kappa shape index (κ2) is 5.83. The summed E-state index contributed by atoms with van der Waals surface area (Å²) in [5.74, 6) is -5.07. The van der Waals surface area contributed by atoms with Gasteiger partial charge in [0, 0.05) is 33.4 Å². The molecule has 1 aliphatic carbocycles. The Labute approximate surface area is 129 Å². The second-order valence-electron chi connectivity index (χ2n) is 6.19. The SMILES string of the molecule is CN(Cc1cccc(N(C)C)c1)C(=O)C(F)(F)C1(O)CCC1. The fourth-order valence-electron chi connectivity index (χ4n) is 2.54. The zero-order valence-electron chi connectivity index (χ0n) is 13.1. The highest BCUT2D eigenvalue weighted by Gasteiger charge is 2.61. The van der Waals surface area contributed by atoms with E-state index < -0.39 is 17.4 Å². The van der Waals surface area contributed by atoms with E-state index in [0.717, 1.165) is 16.2 Å². The summed E-state index contributed by atoms with van der Waals surface area (Å²) >= 11 is 0. The Hall–Kier alpha value is -1.69. The highest BCUT2D eigenvalue weighted by Crippen LogP contribution is 2.45. The van der Waals surface area contributed by atoms with E-state index in [1.54, 1.807) is 6.07 Å². The van der Waals surface area contributed by atoms with Crippen LogP contribution in [0, 0.1) is 0 Å². The smallest absolute Gasteiger partial charge is 0.352 e. The van der Waals surface area contributed by atoms with E-state index in [1.807, 2.05) is 37.2 Å². The van der Waals surface area contributed by atoms with Crippen LogP contribution in [-0.4, -0.2) is 48.6 Å². The first-order valence-electron chi connectivity index (χ1n) is 7.29. The average Bonchev–Trinajstić information content (AvgIpc) is 2.43. The quantitative estimate of drug-likeness (QED) is 0.907. The van der Waals surface area contributed by atoms with Crippen molar-refractivity contribution in [3.63, 3.8) is 0 Å². The van der Waals surface area contributed by atoms with Crippen molar-refractivity contribution >= 4 is 11.6 Å². The van der Waals surface area contributed by atoms with E-state index in [-0.39, 0.29) is 19.4 Å². The van der Waals surface area contributed by atoms with Crippen LogP contribution >= 0.6 is 0 Å². The molecule has 122 valence electrons. The molecule has 0 saturated heterocycles. The molecule has 1 fully saturated rings. The highest BCUT2D eigenvalue weighted by atomic mass is 19.3. The third-order valence-electron chi connectivity index (χ3n) is 4.23. The summed E-state index contributed by atoms with van der Waals surface area (Å²) < 4.78 is 28.3. The molecular formula is C16H22F2N2O2. The van der Waals surface area contributed by atoms with Gasteiger partial charge in [-0.1, -0.05) is 12.1 Å². The molecule has 1 aromatic carbocycles. The molecule has 6 heteroatoms. The molecule has 1 aromatic rings. The fourth-order valence-corrected chi connectivity index (χ4v) is 2.54. The molecule has 0 spiro atoms. The molecule has 0 aliphatic heterocycles. The van der Waals surface area contributed by atoms with Gasteiger partial charge in [0.15, 0.2) is 0 Å². The van der Waals surface area contributed by atoms with Gasteiger partial charge in [-0.15, -0.1) is 0 Å². The normalized spacial score (nSPS) is 16.8. The predicted molar refractivity (Wildman–Crippen MR) is 81.0 cm³/mol. The van der Waals surface area contributed by atoms with E-state index >= 15 is 0 Å². The maximum Gasteiger partial charge on any atom is 0.352 e. The molecule has 1 amide bonds. The van der Waals surface area contributed by atoms with Crippen molar-refractivity contribution < 1.29 is 18.7 Å². The van der Waals surface area contributed by atoms with Crippen molar-refractivity contribution in [2.75, 3.05) is 26.0 Å². The minimum atomic E-state index is -3.74. The van der Waals surface area contributed by atoms with Gasteiger partial charge in [0.05, 0.1) is 0 Å². The number of nitrogens with zero attached hydrogens (tertiary/aromatic N) is 2. The van der Waals surface area contributed by atoms with E-state index in [4.69, 9.17) is 0 Å². The third-order valence-corrected chi connectivity index (χ3v) is 4.23. The van der Waals surface area contributed by atoms with Crippen LogP contribution in [0.15, 0.2) is 24.3 Å². The summed E-state index contributed by atoms with van der Waals surface area (Å²) in [6, 6.07) is 7.35. The number of rotatable bonds is 5. The number of halogens is 2. The lowest BCUT2D eigenvalue weighted by atomic mass is 9.75. The van der Waals surface area contributed by atoms with Gasteiger partial charge in [0.1, 0.15) is 5.60 Å². The number of hydrogen-bond acceptors (Lipinski definition) is 3. The number of carbonyl (C=O) groups is 1. The van der Waals surface area contributed by atoms with Crippen molar-refractivity contribution in [3.8, 4) is 0 Å². The molecule has 0 bridgehead atoms. The molecule has 0 heterocycles. The van der Waals surface area contributed by atoms with Gasteiger partial charge < -0.3 is 14.9 Å². The number of carbonyl (C=O) groups excluding carboxylic acids is 1. The van der Waals surface area contributed by atoms with Crippen molar-refractivity contribution in [2.24, 2.45) is 0 Å². The average molecular weight is 312 g/mol. The van der Waals surface area contributed by atoms with E-state index in [9.17, 15) is 18.7 Å². The number of amides is 1. The van der Waals surface area contributed by atoms with Gasteiger partial charge in [-0.3, -0.25) is 4.79 Å². The lowest BCUT2D eigenvalue weighted by molar-refractivity contribution is -0.223. The van der Waals surface area contributed by atoms with Crippen molar-refractivity contribution in [1.82, 2.24) is 4.90 Å². The summed E-state index contributed by atoms with van der Waals surface area (Å²) in [4.78, 5) is 14.9. The lowest BCUT2D eigenvalue weighted by Crippen LogP contribution is -2.60. The zero-order chi connectivity index (χ0) is 16.5. The Balaban J connectivity index is 2.10. The first-order valence-corrected chi connectivity index (χ1v) is 7.29. The number of benzene rings is 1. The van der Waals surface area contributed by atoms with Crippen molar-refractivity contribution in [1.29, 1.82) is 0 Å². The molecule has 0 radical (unpaired) electrons. The molecule has 0 atom stereocenters. The first-order chi connectivity index (χ1) is 10.2. The lowest BCUT2D eigenvalue weighted by Gasteiger charge is -2.42. The van der Waals surface area contributed by atoms with E-state index in [0.29, 0.717) is 6.42 Å². The van der Waals surface area contributed by atoms with Gasteiger partial charge in [0.2, 0.25) is 0 Å². The largest absolute Gasteiger partial charge is 0.383 e. The minimum Gasteiger partial charge on any atom is -0.383 e. The number of hydrogen-bond donors (Lipinski definition) is 1. The maximum atomic E-state index is 14.2. The molecule has 22 heavy (non-hydrogen) atoms. The van der Waals surface area contributed by atoms with Crippen LogP contribution in [0.1, 0.15) is 24.8 Å². The molecule has 1 aliphatic rings. The monoisotopic (exact) mass is 312 g/mol. The summed E-state index contributed by atoms with van der Waals surface area (Å²) in [5, 5.41) is 9.84. The van der Waals surface area contributed by atoms with Gasteiger partial charge >= 0.3 is 5.92 Å². The molecule has 0 aromatic heterocycles. The Morgan fingerprint density at radius 2 is 1.95 bits per heavy atom. The molecule has 0 unspecified atom stereocenters.